The Morgan fingerprint density at radius 1 is 1.23 bits per heavy atom. The Hall–Kier alpha value is -2.44. The van der Waals surface area contributed by atoms with Crippen LogP contribution in [0.1, 0.15) is 23.4 Å². The maximum absolute atomic E-state index is 12.8. The Balaban J connectivity index is 1.76. The van der Waals surface area contributed by atoms with Crippen LogP contribution in [0.25, 0.3) is 16.8 Å². The van der Waals surface area contributed by atoms with Crippen molar-refractivity contribution in [3.05, 3.63) is 63.5 Å². The second kappa shape index (κ2) is 7.05. The molecule has 2 heterocycles. The number of hydrogen-bond donors (Lipinski definition) is 1. The number of aromatic nitrogens is 1. The fraction of sp³-hybridized carbons (Fsp3) is 0.150. The van der Waals surface area contributed by atoms with Gasteiger partial charge in [-0.05, 0) is 30.0 Å². The zero-order valence-corrected chi connectivity index (χ0v) is 15.7. The van der Waals surface area contributed by atoms with Crippen molar-refractivity contribution in [3.63, 3.8) is 0 Å². The maximum Gasteiger partial charge on any atom is 0.186 e. The summed E-state index contributed by atoms with van der Waals surface area (Å²) in [6.45, 7) is 2.56. The number of rotatable bonds is 4. The van der Waals surface area contributed by atoms with Crippen molar-refractivity contribution < 1.29 is 9.53 Å². The monoisotopic (exact) mass is 380 g/mol. The van der Waals surface area contributed by atoms with Crippen molar-refractivity contribution in [1.29, 1.82) is 5.41 Å². The van der Waals surface area contributed by atoms with Crippen molar-refractivity contribution >= 4 is 50.8 Å². The molecule has 1 aromatic heterocycles. The fourth-order valence-electron chi connectivity index (χ4n) is 3.03. The van der Waals surface area contributed by atoms with Crippen molar-refractivity contribution in [2.75, 3.05) is 6.61 Å². The standard InChI is InChI=1S/C20H16N2O2S2/c1-2-24-15-8-7-12(13-5-3-4-6-14(13)15)11-16-18(23)17(19(21)26-16)20-22-9-10-25-20/h3-11,17,21H,2H2,1H3/b16-11-,21-19?/t17-/m1/s1. The molecule has 1 atom stereocenters. The van der Waals surface area contributed by atoms with Crippen LogP contribution in [0, 0.1) is 5.41 Å². The van der Waals surface area contributed by atoms with E-state index in [-0.39, 0.29) is 5.78 Å². The number of ether oxygens (including phenoxy) is 1. The number of Topliss-reactive ketones (excluding diaryl/α,β-unsaturated/α-hetero) is 1. The molecule has 26 heavy (non-hydrogen) atoms. The van der Waals surface area contributed by atoms with E-state index in [4.69, 9.17) is 10.1 Å². The third-order valence-electron chi connectivity index (χ3n) is 4.19. The predicted octanol–water partition coefficient (Wildman–Crippen LogP) is 5.11. The summed E-state index contributed by atoms with van der Waals surface area (Å²) in [5, 5.41) is 13.1. The molecular formula is C20H16N2O2S2. The van der Waals surface area contributed by atoms with Crippen LogP contribution in [0.2, 0.25) is 0 Å². The van der Waals surface area contributed by atoms with Crippen LogP contribution in [0.3, 0.4) is 0 Å². The summed E-state index contributed by atoms with van der Waals surface area (Å²) in [5.74, 6) is 0.234. The van der Waals surface area contributed by atoms with E-state index in [0.29, 0.717) is 21.6 Å². The number of thiazole rings is 1. The van der Waals surface area contributed by atoms with Crippen molar-refractivity contribution in [2.45, 2.75) is 12.8 Å². The molecule has 0 amide bonds. The summed E-state index contributed by atoms with van der Waals surface area (Å²) in [5.41, 5.74) is 0.951. The smallest absolute Gasteiger partial charge is 0.186 e. The molecule has 4 rings (SSSR count). The third kappa shape index (κ3) is 2.95. The number of nitrogens with one attached hydrogen (secondary N) is 1. The van der Waals surface area contributed by atoms with Gasteiger partial charge in [-0.2, -0.15) is 0 Å². The number of allylic oxidation sites excluding steroid dienone is 1. The number of nitrogens with zero attached hydrogens (tertiary/aromatic N) is 1. The highest BCUT2D eigenvalue weighted by Gasteiger charge is 2.38. The van der Waals surface area contributed by atoms with Gasteiger partial charge in [-0.3, -0.25) is 10.2 Å². The molecule has 0 radical (unpaired) electrons. The summed E-state index contributed by atoms with van der Waals surface area (Å²) in [4.78, 5) is 17.6. The molecule has 0 unspecified atom stereocenters. The van der Waals surface area contributed by atoms with E-state index in [2.05, 4.69) is 4.98 Å². The molecule has 0 aliphatic carbocycles. The third-order valence-corrected chi connectivity index (χ3v) is 6.02. The lowest BCUT2D eigenvalue weighted by Crippen LogP contribution is -2.11. The van der Waals surface area contributed by atoms with Gasteiger partial charge in [0.25, 0.3) is 0 Å². The van der Waals surface area contributed by atoms with Gasteiger partial charge in [0.2, 0.25) is 0 Å². The number of thioether (sulfide) groups is 1. The number of carbonyl (C=O) groups excluding carboxylic acids is 1. The van der Waals surface area contributed by atoms with Gasteiger partial charge in [-0.25, -0.2) is 4.98 Å². The Morgan fingerprint density at radius 2 is 2.04 bits per heavy atom. The molecule has 1 fully saturated rings. The van der Waals surface area contributed by atoms with Gasteiger partial charge in [-0.15, -0.1) is 11.3 Å². The minimum absolute atomic E-state index is 0.0482. The van der Waals surface area contributed by atoms with Crippen LogP contribution in [0.5, 0.6) is 5.75 Å². The molecule has 0 saturated carbocycles. The van der Waals surface area contributed by atoms with E-state index in [1.165, 1.54) is 23.1 Å². The quantitative estimate of drug-likeness (QED) is 0.639. The van der Waals surface area contributed by atoms with E-state index in [0.717, 1.165) is 22.1 Å². The first-order chi connectivity index (χ1) is 12.7. The highest BCUT2D eigenvalue weighted by atomic mass is 32.2. The van der Waals surface area contributed by atoms with Gasteiger partial charge in [0.1, 0.15) is 16.7 Å². The molecule has 1 aliphatic rings. The molecule has 3 aromatic rings. The normalized spacial score (nSPS) is 18.8. The predicted molar refractivity (Wildman–Crippen MR) is 108 cm³/mol. The number of benzene rings is 2. The summed E-state index contributed by atoms with van der Waals surface area (Å²) in [6, 6.07) is 11.9. The maximum atomic E-state index is 12.8. The molecule has 1 aliphatic heterocycles. The first-order valence-corrected chi connectivity index (χ1v) is 9.94. The van der Waals surface area contributed by atoms with Gasteiger partial charge in [0, 0.05) is 17.0 Å². The second-order valence-electron chi connectivity index (χ2n) is 5.77. The van der Waals surface area contributed by atoms with Crippen LogP contribution in [-0.4, -0.2) is 22.4 Å². The molecule has 0 spiro atoms. The van der Waals surface area contributed by atoms with Gasteiger partial charge in [0.15, 0.2) is 5.78 Å². The zero-order chi connectivity index (χ0) is 18.1. The molecule has 1 saturated heterocycles. The Bertz CT molecular complexity index is 1030. The van der Waals surface area contributed by atoms with Gasteiger partial charge >= 0.3 is 0 Å². The summed E-state index contributed by atoms with van der Waals surface area (Å²) >= 11 is 2.64. The zero-order valence-electron chi connectivity index (χ0n) is 14.1. The molecule has 4 nitrogen and oxygen atoms in total. The topological polar surface area (TPSA) is 63.0 Å². The van der Waals surface area contributed by atoms with Crippen molar-refractivity contribution in [3.8, 4) is 5.75 Å². The highest BCUT2D eigenvalue weighted by Crippen LogP contribution is 2.42. The number of ketones is 1. The van der Waals surface area contributed by atoms with E-state index in [1.807, 2.05) is 54.8 Å². The minimum atomic E-state index is -0.555. The summed E-state index contributed by atoms with van der Waals surface area (Å²) in [6.07, 6.45) is 3.56. The Morgan fingerprint density at radius 3 is 2.77 bits per heavy atom. The van der Waals surface area contributed by atoms with Crippen LogP contribution < -0.4 is 4.74 Å². The molecule has 1 N–H and O–H groups in total. The summed E-state index contributed by atoms with van der Waals surface area (Å²) in [7, 11) is 0. The molecule has 6 heteroatoms. The average molecular weight is 380 g/mol. The Kier molecular flexibility index (Phi) is 4.61. The van der Waals surface area contributed by atoms with Gasteiger partial charge < -0.3 is 4.74 Å². The SMILES string of the molecule is CCOc1ccc(/C=C2\SC(=N)[C@H](c3nccs3)C2=O)c2ccccc12. The van der Waals surface area contributed by atoms with Crippen LogP contribution in [-0.2, 0) is 4.79 Å². The lowest BCUT2D eigenvalue weighted by Gasteiger charge is -2.10. The molecule has 0 bridgehead atoms. The number of carbonyl (C=O) groups is 1. The van der Waals surface area contributed by atoms with Crippen molar-refractivity contribution in [2.24, 2.45) is 0 Å². The van der Waals surface area contributed by atoms with Gasteiger partial charge in [0.05, 0.1) is 16.6 Å². The molecule has 2 aromatic carbocycles. The lowest BCUT2D eigenvalue weighted by atomic mass is 10.0. The first kappa shape index (κ1) is 17.0. The van der Waals surface area contributed by atoms with Crippen LogP contribution in [0.15, 0.2) is 52.9 Å². The van der Waals surface area contributed by atoms with E-state index >= 15 is 0 Å². The number of fused-ring (bicyclic) bond motifs is 1. The lowest BCUT2D eigenvalue weighted by molar-refractivity contribution is -0.114. The minimum Gasteiger partial charge on any atom is -0.493 e. The van der Waals surface area contributed by atoms with E-state index < -0.39 is 5.92 Å². The molecule has 130 valence electrons. The van der Waals surface area contributed by atoms with E-state index in [9.17, 15) is 4.79 Å². The fourth-order valence-corrected chi connectivity index (χ4v) is 4.83. The largest absolute Gasteiger partial charge is 0.493 e. The van der Waals surface area contributed by atoms with Crippen LogP contribution in [0.4, 0.5) is 0 Å². The van der Waals surface area contributed by atoms with Crippen LogP contribution >= 0.6 is 23.1 Å². The second-order valence-corrected chi connectivity index (χ2v) is 7.78. The average Bonchev–Trinajstić information content (AvgIpc) is 3.25. The Labute approximate surface area is 159 Å². The molecular weight excluding hydrogens is 364 g/mol. The van der Waals surface area contributed by atoms with E-state index in [1.54, 1.807) is 6.20 Å². The summed E-state index contributed by atoms with van der Waals surface area (Å²) < 4.78 is 5.71. The number of hydrogen-bond acceptors (Lipinski definition) is 6. The first-order valence-electron chi connectivity index (χ1n) is 8.25. The highest BCUT2D eigenvalue weighted by molar-refractivity contribution is 8.19. The van der Waals surface area contributed by atoms with Crippen molar-refractivity contribution in [1.82, 2.24) is 4.98 Å². The van der Waals surface area contributed by atoms with Gasteiger partial charge in [-0.1, -0.05) is 42.1 Å².